The molecule has 1 heterocycles. The molecule has 0 unspecified atom stereocenters. The van der Waals surface area contributed by atoms with E-state index in [0.717, 1.165) is 34.1 Å². The Hall–Kier alpha value is -2.75. The van der Waals surface area contributed by atoms with Gasteiger partial charge in [0, 0.05) is 16.6 Å². The molecule has 0 spiro atoms. The average Bonchev–Trinajstić information content (AvgIpc) is 2.76. The van der Waals surface area contributed by atoms with E-state index in [-0.39, 0.29) is 5.88 Å². The smallest absolute Gasteiger partial charge is 0.200 e. The van der Waals surface area contributed by atoms with Crippen molar-refractivity contribution in [2.75, 3.05) is 5.73 Å². The van der Waals surface area contributed by atoms with Gasteiger partial charge in [0.1, 0.15) is 0 Å². The number of benzene rings is 2. The number of nitrogens with one attached hydrogen (secondary N) is 1. The van der Waals surface area contributed by atoms with Crippen LogP contribution in [0.5, 0.6) is 5.88 Å². The van der Waals surface area contributed by atoms with E-state index in [1.165, 1.54) is 0 Å². The maximum Gasteiger partial charge on any atom is 0.200 e. The van der Waals surface area contributed by atoms with Crippen molar-refractivity contribution in [3.8, 4) is 5.88 Å². The van der Waals surface area contributed by atoms with Crippen molar-refractivity contribution in [2.45, 2.75) is 6.42 Å². The van der Waals surface area contributed by atoms with Crippen molar-refractivity contribution in [3.05, 3.63) is 59.2 Å². The zero-order chi connectivity index (χ0) is 14.1. The normalized spacial score (nSPS) is 10.8. The van der Waals surface area contributed by atoms with Gasteiger partial charge in [-0.2, -0.15) is 0 Å². The molecule has 0 saturated heterocycles. The van der Waals surface area contributed by atoms with E-state index in [0.29, 0.717) is 11.8 Å². The molecule has 0 atom stereocenters. The number of carbonyl (C=O) groups is 1. The standard InChI is InChI=1S/C16H14N2O2/c17-12-4-1-10(2-5-12)7-11-3-6-15-13(8-11)14(9-19)16(20)18-15/h1-6,8-9,18,20H,7,17H2. The van der Waals surface area contributed by atoms with Gasteiger partial charge in [-0.3, -0.25) is 4.79 Å². The number of aldehydes is 1. The fraction of sp³-hybridized carbons (Fsp3) is 0.0625. The van der Waals surface area contributed by atoms with Crippen molar-refractivity contribution in [1.82, 2.24) is 4.98 Å². The summed E-state index contributed by atoms with van der Waals surface area (Å²) < 4.78 is 0. The molecule has 4 nitrogen and oxygen atoms in total. The van der Waals surface area contributed by atoms with Gasteiger partial charge in [0.2, 0.25) is 0 Å². The molecular weight excluding hydrogens is 252 g/mol. The number of aromatic hydroxyl groups is 1. The summed E-state index contributed by atoms with van der Waals surface area (Å²) in [4.78, 5) is 13.8. The number of aromatic amines is 1. The first-order chi connectivity index (χ1) is 9.67. The summed E-state index contributed by atoms with van der Waals surface area (Å²) in [5, 5.41) is 10.4. The molecule has 0 amide bonds. The highest BCUT2D eigenvalue weighted by atomic mass is 16.3. The molecule has 0 aliphatic rings. The minimum absolute atomic E-state index is 0.0837. The summed E-state index contributed by atoms with van der Waals surface area (Å²) in [6.45, 7) is 0. The Morgan fingerprint density at radius 2 is 1.80 bits per heavy atom. The highest BCUT2D eigenvalue weighted by Crippen LogP contribution is 2.27. The van der Waals surface area contributed by atoms with E-state index < -0.39 is 0 Å². The Balaban J connectivity index is 2.00. The lowest BCUT2D eigenvalue weighted by Gasteiger charge is -2.03. The van der Waals surface area contributed by atoms with Crippen molar-refractivity contribution in [1.29, 1.82) is 0 Å². The molecule has 3 rings (SSSR count). The first-order valence-electron chi connectivity index (χ1n) is 6.30. The number of nitrogens with two attached hydrogens (primary N) is 1. The second-order valence-electron chi connectivity index (χ2n) is 4.80. The van der Waals surface area contributed by atoms with Gasteiger partial charge < -0.3 is 15.8 Å². The number of nitrogen functional groups attached to an aromatic ring is 1. The molecule has 3 aromatic rings. The van der Waals surface area contributed by atoms with E-state index >= 15 is 0 Å². The zero-order valence-corrected chi connectivity index (χ0v) is 10.8. The van der Waals surface area contributed by atoms with Crippen LogP contribution in [0.2, 0.25) is 0 Å². The maximum absolute atomic E-state index is 11.0. The van der Waals surface area contributed by atoms with Crippen LogP contribution in [0, 0.1) is 0 Å². The van der Waals surface area contributed by atoms with Crippen LogP contribution in [0.4, 0.5) is 5.69 Å². The number of hydrogen-bond acceptors (Lipinski definition) is 3. The fourth-order valence-electron chi connectivity index (χ4n) is 2.35. The Bertz CT molecular complexity index is 773. The molecule has 0 saturated carbocycles. The number of H-pyrrole nitrogens is 1. The van der Waals surface area contributed by atoms with Gasteiger partial charge in [0.25, 0.3) is 0 Å². The molecule has 1 aromatic heterocycles. The van der Waals surface area contributed by atoms with E-state index in [1.807, 2.05) is 42.5 Å². The van der Waals surface area contributed by atoms with Gasteiger partial charge in [-0.1, -0.05) is 18.2 Å². The van der Waals surface area contributed by atoms with Gasteiger partial charge in [-0.05, 0) is 41.8 Å². The lowest BCUT2D eigenvalue weighted by atomic mass is 10.0. The maximum atomic E-state index is 11.0. The first kappa shape index (κ1) is 12.3. The third-order valence-electron chi connectivity index (χ3n) is 3.39. The predicted octanol–water partition coefficient (Wildman–Crippen LogP) is 2.86. The van der Waals surface area contributed by atoms with Crippen molar-refractivity contribution < 1.29 is 9.90 Å². The van der Waals surface area contributed by atoms with Crippen LogP contribution >= 0.6 is 0 Å². The highest BCUT2D eigenvalue weighted by molar-refractivity contribution is 6.00. The number of anilines is 1. The van der Waals surface area contributed by atoms with Gasteiger partial charge in [-0.25, -0.2) is 0 Å². The molecule has 2 aromatic carbocycles. The van der Waals surface area contributed by atoms with Crippen molar-refractivity contribution >= 4 is 22.9 Å². The molecule has 20 heavy (non-hydrogen) atoms. The molecule has 0 fully saturated rings. The largest absolute Gasteiger partial charge is 0.494 e. The van der Waals surface area contributed by atoms with Crippen LogP contribution in [0.3, 0.4) is 0 Å². The van der Waals surface area contributed by atoms with E-state index in [2.05, 4.69) is 4.98 Å². The van der Waals surface area contributed by atoms with Gasteiger partial charge in [0.15, 0.2) is 12.2 Å². The summed E-state index contributed by atoms with van der Waals surface area (Å²) in [5.74, 6) is -0.0837. The summed E-state index contributed by atoms with van der Waals surface area (Å²) in [5.41, 5.74) is 9.68. The summed E-state index contributed by atoms with van der Waals surface area (Å²) in [6.07, 6.45) is 1.42. The van der Waals surface area contributed by atoms with E-state index in [4.69, 9.17) is 5.73 Å². The topological polar surface area (TPSA) is 79.1 Å². The first-order valence-corrected chi connectivity index (χ1v) is 6.30. The highest BCUT2D eigenvalue weighted by Gasteiger charge is 2.10. The summed E-state index contributed by atoms with van der Waals surface area (Å²) >= 11 is 0. The van der Waals surface area contributed by atoms with Gasteiger partial charge >= 0.3 is 0 Å². The van der Waals surface area contributed by atoms with Crippen LogP contribution in [-0.2, 0) is 6.42 Å². The van der Waals surface area contributed by atoms with Crippen molar-refractivity contribution in [2.24, 2.45) is 0 Å². The zero-order valence-electron chi connectivity index (χ0n) is 10.8. The number of aromatic nitrogens is 1. The van der Waals surface area contributed by atoms with Crippen LogP contribution in [0.15, 0.2) is 42.5 Å². The Kier molecular flexibility index (Phi) is 2.91. The third-order valence-corrected chi connectivity index (χ3v) is 3.39. The lowest BCUT2D eigenvalue weighted by molar-refractivity contribution is 0.112. The second kappa shape index (κ2) is 4.74. The van der Waals surface area contributed by atoms with Crippen LogP contribution in [-0.4, -0.2) is 16.4 Å². The Morgan fingerprint density at radius 3 is 2.50 bits per heavy atom. The molecular formula is C16H14N2O2. The molecule has 0 bridgehead atoms. The molecule has 0 aliphatic carbocycles. The molecule has 100 valence electrons. The minimum Gasteiger partial charge on any atom is -0.494 e. The monoisotopic (exact) mass is 266 g/mol. The second-order valence-corrected chi connectivity index (χ2v) is 4.80. The number of hydrogen-bond donors (Lipinski definition) is 3. The summed E-state index contributed by atoms with van der Waals surface area (Å²) in [6, 6.07) is 13.5. The predicted molar refractivity (Wildman–Crippen MR) is 79.0 cm³/mol. The lowest BCUT2D eigenvalue weighted by Crippen LogP contribution is -1.90. The van der Waals surface area contributed by atoms with Gasteiger partial charge in [0.05, 0.1) is 5.56 Å². The Labute approximate surface area is 115 Å². The molecule has 4 heteroatoms. The van der Waals surface area contributed by atoms with Crippen molar-refractivity contribution in [3.63, 3.8) is 0 Å². The molecule has 4 N–H and O–H groups in total. The number of carbonyl (C=O) groups excluding carboxylic acids is 1. The quantitative estimate of drug-likeness (QED) is 0.504. The number of rotatable bonds is 3. The fourth-order valence-corrected chi connectivity index (χ4v) is 2.35. The molecule has 0 aliphatic heterocycles. The number of fused-ring (bicyclic) bond motifs is 1. The Morgan fingerprint density at radius 1 is 1.10 bits per heavy atom. The van der Waals surface area contributed by atoms with Crippen LogP contribution in [0.1, 0.15) is 21.5 Å². The SMILES string of the molecule is Nc1ccc(Cc2ccc3[nH]c(O)c(C=O)c3c2)cc1. The van der Waals surface area contributed by atoms with Gasteiger partial charge in [-0.15, -0.1) is 0 Å². The van der Waals surface area contributed by atoms with Crippen LogP contribution < -0.4 is 5.73 Å². The molecule has 0 radical (unpaired) electrons. The van der Waals surface area contributed by atoms with E-state index in [1.54, 1.807) is 0 Å². The average molecular weight is 266 g/mol. The third kappa shape index (κ3) is 2.12. The summed E-state index contributed by atoms with van der Waals surface area (Å²) in [7, 11) is 0. The minimum atomic E-state index is -0.0837. The van der Waals surface area contributed by atoms with E-state index in [9.17, 15) is 9.90 Å². The van der Waals surface area contributed by atoms with Crippen LogP contribution in [0.25, 0.3) is 10.9 Å².